The van der Waals surface area contributed by atoms with Crippen LogP contribution < -0.4 is 5.32 Å². The van der Waals surface area contributed by atoms with Crippen LogP contribution in [-0.4, -0.2) is 61.2 Å². The molecule has 4 rings (SSSR count). The Bertz CT molecular complexity index is 1660. The third-order valence-corrected chi connectivity index (χ3v) is 10.2. The van der Waals surface area contributed by atoms with Gasteiger partial charge in [-0.1, -0.05) is 48.2 Å². The van der Waals surface area contributed by atoms with Crippen LogP contribution in [0.25, 0.3) is 5.69 Å². The molecular formula is C26H27N5O5S3. The predicted molar refractivity (Wildman–Crippen MR) is 150 cm³/mol. The first-order valence-corrected chi connectivity index (χ1v) is 15.7. The molecule has 1 atom stereocenters. The molecule has 1 N–H and O–H groups in total. The maximum absolute atomic E-state index is 13.1. The molecule has 0 radical (unpaired) electrons. The van der Waals surface area contributed by atoms with Crippen LogP contribution >= 0.6 is 11.8 Å². The Kier molecular flexibility index (Phi) is 8.54. The van der Waals surface area contributed by atoms with Crippen molar-refractivity contribution < 1.29 is 21.6 Å². The largest absolute Gasteiger partial charge is 0.325 e. The van der Waals surface area contributed by atoms with Gasteiger partial charge in [-0.25, -0.2) is 21.1 Å². The lowest BCUT2D eigenvalue weighted by atomic mass is 10.3. The van der Waals surface area contributed by atoms with E-state index in [1.54, 1.807) is 41.8 Å². The number of benzene rings is 3. The molecule has 1 heterocycles. The van der Waals surface area contributed by atoms with Crippen molar-refractivity contribution in [1.29, 1.82) is 0 Å². The molecule has 1 unspecified atom stereocenters. The van der Waals surface area contributed by atoms with E-state index in [1.807, 2.05) is 18.2 Å². The number of nitrogens with one attached hydrogen (secondary N) is 1. The number of carbonyl (C=O) groups excluding carboxylic acids is 1. The second-order valence-corrected chi connectivity index (χ2v) is 14.2. The van der Waals surface area contributed by atoms with Gasteiger partial charge in [-0.3, -0.25) is 9.36 Å². The second kappa shape index (κ2) is 11.7. The molecule has 10 nitrogen and oxygen atoms in total. The molecule has 13 heteroatoms. The first kappa shape index (κ1) is 28.5. The van der Waals surface area contributed by atoms with E-state index in [0.717, 1.165) is 16.1 Å². The Labute approximate surface area is 232 Å². The second-order valence-electron chi connectivity index (χ2n) is 8.70. The Hall–Kier alpha value is -3.52. The maximum atomic E-state index is 13.1. The molecule has 0 saturated carbocycles. The number of aromatic nitrogens is 3. The summed E-state index contributed by atoms with van der Waals surface area (Å²) in [7, 11) is -4.39. The number of amides is 1. The van der Waals surface area contributed by atoms with E-state index in [1.165, 1.54) is 50.5 Å². The molecule has 0 spiro atoms. The van der Waals surface area contributed by atoms with Crippen molar-refractivity contribution in [1.82, 2.24) is 19.1 Å². The van der Waals surface area contributed by atoms with Crippen LogP contribution in [0.4, 0.5) is 5.69 Å². The maximum Gasteiger partial charge on any atom is 0.242 e. The molecule has 0 aliphatic carbocycles. The number of hydrogen-bond donors (Lipinski definition) is 1. The van der Waals surface area contributed by atoms with E-state index in [0.29, 0.717) is 16.5 Å². The quantitative estimate of drug-likeness (QED) is 0.279. The van der Waals surface area contributed by atoms with E-state index in [2.05, 4.69) is 15.5 Å². The number of nitrogens with zero attached hydrogens (tertiary/aromatic N) is 4. The van der Waals surface area contributed by atoms with Gasteiger partial charge >= 0.3 is 0 Å². The van der Waals surface area contributed by atoms with Gasteiger partial charge < -0.3 is 5.32 Å². The van der Waals surface area contributed by atoms with Crippen molar-refractivity contribution in [3.8, 4) is 5.69 Å². The zero-order valence-corrected chi connectivity index (χ0v) is 23.9. The lowest BCUT2D eigenvalue weighted by Crippen LogP contribution is -2.24. The molecule has 39 heavy (non-hydrogen) atoms. The van der Waals surface area contributed by atoms with Crippen molar-refractivity contribution >= 4 is 43.2 Å². The predicted octanol–water partition coefficient (Wildman–Crippen LogP) is 3.61. The monoisotopic (exact) mass is 585 g/mol. The van der Waals surface area contributed by atoms with Crippen LogP contribution in [0.3, 0.4) is 0 Å². The smallest absolute Gasteiger partial charge is 0.242 e. The first-order chi connectivity index (χ1) is 18.5. The summed E-state index contributed by atoms with van der Waals surface area (Å²) >= 11 is 1.13. The number of anilines is 1. The summed E-state index contributed by atoms with van der Waals surface area (Å²) in [6.07, 6.45) is 0. The van der Waals surface area contributed by atoms with Crippen LogP contribution in [0, 0.1) is 0 Å². The number of hydrogen-bond acceptors (Lipinski definition) is 8. The number of carbonyl (C=O) groups is 1. The summed E-state index contributed by atoms with van der Waals surface area (Å²) in [6.45, 7) is 1.69. The van der Waals surface area contributed by atoms with Gasteiger partial charge in [0.25, 0.3) is 0 Å². The van der Waals surface area contributed by atoms with Gasteiger partial charge in [-0.05, 0) is 55.5 Å². The van der Waals surface area contributed by atoms with Crippen molar-refractivity contribution in [2.75, 3.05) is 19.4 Å². The molecule has 1 aromatic heterocycles. The minimum Gasteiger partial charge on any atom is -0.325 e. The van der Waals surface area contributed by atoms with Gasteiger partial charge in [-0.2, -0.15) is 0 Å². The molecule has 0 aliphatic rings. The molecule has 204 valence electrons. The Morgan fingerprint density at radius 1 is 0.872 bits per heavy atom. The third-order valence-electron chi connectivity index (χ3n) is 5.69. The number of sulfone groups is 1. The summed E-state index contributed by atoms with van der Waals surface area (Å²) < 4.78 is 53.4. The SMILES string of the molecule is CC(Sc1nnc(CS(=O)(=O)c2ccccc2)n1-c1ccccc1)C(=O)Nc1ccc(S(=O)(=O)N(C)C)cc1. The van der Waals surface area contributed by atoms with Crippen LogP contribution in [0.1, 0.15) is 12.7 Å². The average molecular weight is 586 g/mol. The fourth-order valence-corrected chi connectivity index (χ4v) is 6.62. The van der Waals surface area contributed by atoms with E-state index in [-0.39, 0.29) is 27.3 Å². The summed E-state index contributed by atoms with van der Waals surface area (Å²) in [4.78, 5) is 13.3. The standard InChI is InChI=1S/C26H27N5O5S3/c1-19(25(32)27-20-14-16-23(17-15-20)39(35,36)30(2)3)37-26-29-28-24(31(26)21-10-6-4-7-11-21)18-38(33,34)22-12-8-5-9-13-22/h4-17,19H,18H2,1-3H3,(H,27,32). The third kappa shape index (κ3) is 6.56. The first-order valence-electron chi connectivity index (χ1n) is 11.8. The highest BCUT2D eigenvalue weighted by Gasteiger charge is 2.25. The minimum atomic E-state index is -3.69. The van der Waals surface area contributed by atoms with Crippen molar-refractivity contribution in [2.45, 2.75) is 32.9 Å². The number of para-hydroxylation sites is 1. The Morgan fingerprint density at radius 3 is 2.05 bits per heavy atom. The zero-order chi connectivity index (χ0) is 28.2. The Balaban J connectivity index is 1.55. The highest BCUT2D eigenvalue weighted by molar-refractivity contribution is 8.00. The molecule has 0 bridgehead atoms. The van der Waals surface area contributed by atoms with Crippen molar-refractivity contribution in [3.05, 3.63) is 90.8 Å². The van der Waals surface area contributed by atoms with Gasteiger partial charge in [0, 0.05) is 25.5 Å². The van der Waals surface area contributed by atoms with Crippen LogP contribution in [0.5, 0.6) is 0 Å². The molecule has 0 aliphatic heterocycles. The summed E-state index contributed by atoms with van der Waals surface area (Å²) in [5, 5.41) is 10.9. The van der Waals surface area contributed by atoms with Gasteiger partial charge in [0.05, 0.1) is 15.0 Å². The summed E-state index contributed by atoms with van der Waals surface area (Å²) in [5.41, 5.74) is 1.10. The fraction of sp³-hybridized carbons (Fsp3) is 0.192. The summed E-state index contributed by atoms with van der Waals surface area (Å²) in [5.74, 6) is -0.496. The highest BCUT2D eigenvalue weighted by Crippen LogP contribution is 2.28. The van der Waals surface area contributed by atoms with Crippen LogP contribution in [0.15, 0.2) is 99.9 Å². The lowest BCUT2D eigenvalue weighted by molar-refractivity contribution is -0.115. The van der Waals surface area contributed by atoms with E-state index in [9.17, 15) is 21.6 Å². The number of thioether (sulfide) groups is 1. The lowest BCUT2D eigenvalue weighted by Gasteiger charge is -2.15. The topological polar surface area (TPSA) is 131 Å². The average Bonchev–Trinajstić information content (AvgIpc) is 3.30. The van der Waals surface area contributed by atoms with Gasteiger partial charge in [0.15, 0.2) is 20.8 Å². The zero-order valence-electron chi connectivity index (χ0n) is 21.4. The fourth-order valence-electron chi connectivity index (χ4n) is 3.56. The van der Waals surface area contributed by atoms with E-state index >= 15 is 0 Å². The molecule has 3 aromatic carbocycles. The highest BCUT2D eigenvalue weighted by atomic mass is 32.2. The van der Waals surface area contributed by atoms with Gasteiger partial charge in [-0.15, -0.1) is 10.2 Å². The van der Waals surface area contributed by atoms with Crippen molar-refractivity contribution in [2.24, 2.45) is 0 Å². The molecule has 0 saturated heterocycles. The van der Waals surface area contributed by atoms with Gasteiger partial charge in [0.2, 0.25) is 15.9 Å². The summed E-state index contributed by atoms with van der Waals surface area (Å²) in [6, 6.07) is 23.1. The minimum absolute atomic E-state index is 0.113. The van der Waals surface area contributed by atoms with Gasteiger partial charge in [0.1, 0.15) is 5.75 Å². The molecule has 0 fully saturated rings. The molecule has 4 aromatic rings. The van der Waals surface area contributed by atoms with Crippen molar-refractivity contribution in [3.63, 3.8) is 0 Å². The van der Waals surface area contributed by atoms with Crippen LogP contribution in [-0.2, 0) is 30.4 Å². The van der Waals surface area contributed by atoms with E-state index in [4.69, 9.17) is 0 Å². The van der Waals surface area contributed by atoms with E-state index < -0.39 is 25.1 Å². The Morgan fingerprint density at radius 2 is 1.46 bits per heavy atom. The normalized spacial score (nSPS) is 12.8. The number of rotatable bonds is 10. The molecule has 1 amide bonds. The van der Waals surface area contributed by atoms with Crippen LogP contribution in [0.2, 0.25) is 0 Å². The molecular weight excluding hydrogens is 559 g/mol. The number of sulfonamides is 1.